The molecule has 5 heterocycles. The van der Waals surface area contributed by atoms with Crippen LogP contribution in [0.1, 0.15) is 4.88 Å². The normalized spacial score (nSPS) is 11.3. The number of nitrogens with zero attached hydrogens (tertiary/aromatic N) is 4. The van der Waals surface area contributed by atoms with E-state index in [9.17, 15) is 4.79 Å². The van der Waals surface area contributed by atoms with Gasteiger partial charge >= 0.3 is 0 Å². The molecule has 0 saturated heterocycles. The summed E-state index contributed by atoms with van der Waals surface area (Å²) in [7, 11) is 0. The van der Waals surface area contributed by atoms with Gasteiger partial charge in [-0.15, -0.1) is 11.3 Å². The zero-order chi connectivity index (χ0) is 22.4. The third-order valence-electron chi connectivity index (χ3n) is 5.50. The lowest BCUT2D eigenvalue weighted by Crippen LogP contribution is -2.11. The SMILES string of the molecule is Cc1ccc(-c2nc3[nH]c(=O)c(-c4cccnc4)cc3nc2-c2ccc3ncccc3c2)s1. The van der Waals surface area contributed by atoms with E-state index in [1.54, 1.807) is 42.1 Å². The van der Waals surface area contributed by atoms with Gasteiger partial charge in [0.2, 0.25) is 0 Å². The molecule has 6 aromatic rings. The Morgan fingerprint density at radius 2 is 1.76 bits per heavy atom. The summed E-state index contributed by atoms with van der Waals surface area (Å²) in [4.78, 5) is 36.4. The third kappa shape index (κ3) is 3.48. The fourth-order valence-electron chi connectivity index (χ4n) is 3.91. The maximum absolute atomic E-state index is 12.8. The summed E-state index contributed by atoms with van der Waals surface area (Å²) in [6, 6.07) is 19.6. The number of hydrogen-bond acceptors (Lipinski definition) is 6. The Hall–Kier alpha value is -4.23. The summed E-state index contributed by atoms with van der Waals surface area (Å²) in [6.45, 7) is 2.06. The summed E-state index contributed by atoms with van der Waals surface area (Å²) in [6.07, 6.45) is 5.14. The molecule has 0 radical (unpaired) electrons. The molecule has 1 N–H and O–H groups in total. The fraction of sp³-hybridized carbons (Fsp3) is 0.0385. The Morgan fingerprint density at radius 3 is 2.58 bits per heavy atom. The highest BCUT2D eigenvalue weighted by Gasteiger charge is 2.17. The van der Waals surface area contributed by atoms with Crippen LogP contribution in [0.25, 0.3) is 55.0 Å². The fourth-order valence-corrected chi connectivity index (χ4v) is 4.77. The predicted octanol–water partition coefficient (Wildman–Crippen LogP) is 5.63. The molecule has 0 atom stereocenters. The first-order valence-electron chi connectivity index (χ1n) is 10.4. The third-order valence-corrected chi connectivity index (χ3v) is 6.51. The van der Waals surface area contributed by atoms with Crippen molar-refractivity contribution in [2.45, 2.75) is 6.92 Å². The zero-order valence-electron chi connectivity index (χ0n) is 17.6. The molecule has 0 unspecified atom stereocenters. The number of aromatic amines is 1. The molecule has 33 heavy (non-hydrogen) atoms. The van der Waals surface area contributed by atoms with Crippen LogP contribution >= 0.6 is 11.3 Å². The van der Waals surface area contributed by atoms with Crippen molar-refractivity contribution in [3.8, 4) is 33.0 Å². The standard InChI is InChI=1S/C26H17N5OS/c1-15-6-9-22(33-15)24-23(17-7-8-20-16(12-17)4-3-11-28-20)29-21-13-19(18-5-2-10-27-14-18)26(32)31-25(21)30-24/h2-14H,1H3,(H,30,31,32). The minimum atomic E-state index is -0.220. The molecule has 1 aromatic carbocycles. The molecular weight excluding hydrogens is 430 g/mol. The van der Waals surface area contributed by atoms with Crippen molar-refractivity contribution in [2.75, 3.05) is 0 Å². The van der Waals surface area contributed by atoms with Crippen LogP contribution in [0, 0.1) is 6.92 Å². The molecular formula is C26H17N5OS. The highest BCUT2D eigenvalue weighted by atomic mass is 32.1. The minimum Gasteiger partial charge on any atom is -0.305 e. The van der Waals surface area contributed by atoms with E-state index in [0.29, 0.717) is 16.7 Å². The van der Waals surface area contributed by atoms with Crippen molar-refractivity contribution in [1.82, 2.24) is 24.9 Å². The van der Waals surface area contributed by atoms with E-state index >= 15 is 0 Å². The van der Waals surface area contributed by atoms with E-state index < -0.39 is 0 Å². The molecule has 0 saturated carbocycles. The Bertz CT molecular complexity index is 1710. The van der Waals surface area contributed by atoms with Crippen molar-refractivity contribution in [3.63, 3.8) is 0 Å². The summed E-state index contributed by atoms with van der Waals surface area (Å²) < 4.78 is 0. The average Bonchev–Trinajstić information content (AvgIpc) is 3.29. The van der Waals surface area contributed by atoms with E-state index in [-0.39, 0.29) is 5.56 Å². The van der Waals surface area contributed by atoms with Gasteiger partial charge in [0.1, 0.15) is 11.2 Å². The number of H-pyrrole nitrogens is 1. The number of hydrogen-bond donors (Lipinski definition) is 1. The number of fused-ring (bicyclic) bond motifs is 2. The van der Waals surface area contributed by atoms with Crippen LogP contribution in [0.2, 0.25) is 0 Å². The molecule has 5 aromatic heterocycles. The van der Waals surface area contributed by atoms with E-state index in [2.05, 4.69) is 34.0 Å². The lowest BCUT2D eigenvalue weighted by Gasteiger charge is -2.11. The van der Waals surface area contributed by atoms with Crippen LogP contribution in [0.3, 0.4) is 0 Å². The van der Waals surface area contributed by atoms with Crippen LogP contribution in [0.15, 0.2) is 84.0 Å². The van der Waals surface area contributed by atoms with Crippen LogP contribution in [0.4, 0.5) is 0 Å². The number of thiophene rings is 1. The maximum Gasteiger partial charge on any atom is 0.257 e. The summed E-state index contributed by atoms with van der Waals surface area (Å²) in [5.74, 6) is 0. The second kappa shape index (κ2) is 7.72. The molecule has 0 bridgehead atoms. The molecule has 6 nitrogen and oxygen atoms in total. The first kappa shape index (κ1) is 19.5. The van der Waals surface area contributed by atoms with E-state index in [0.717, 1.165) is 38.3 Å². The van der Waals surface area contributed by atoms with Crippen LogP contribution in [0.5, 0.6) is 0 Å². The van der Waals surface area contributed by atoms with Crippen molar-refractivity contribution in [2.24, 2.45) is 0 Å². The first-order chi connectivity index (χ1) is 16.2. The first-order valence-corrected chi connectivity index (χ1v) is 11.2. The van der Waals surface area contributed by atoms with Crippen molar-refractivity contribution in [3.05, 3.63) is 94.5 Å². The van der Waals surface area contributed by atoms with Crippen molar-refractivity contribution < 1.29 is 0 Å². The quantitative estimate of drug-likeness (QED) is 0.380. The molecule has 0 aliphatic heterocycles. The number of benzene rings is 1. The topological polar surface area (TPSA) is 84.4 Å². The van der Waals surface area contributed by atoms with E-state index in [1.165, 1.54) is 4.88 Å². The largest absolute Gasteiger partial charge is 0.305 e. The lowest BCUT2D eigenvalue weighted by molar-refractivity contribution is 1.19. The number of rotatable bonds is 3. The van der Waals surface area contributed by atoms with Crippen LogP contribution < -0.4 is 5.56 Å². The van der Waals surface area contributed by atoms with Gasteiger partial charge < -0.3 is 4.98 Å². The van der Waals surface area contributed by atoms with Gasteiger partial charge in [0.15, 0.2) is 5.65 Å². The Balaban J connectivity index is 1.63. The Morgan fingerprint density at radius 1 is 0.848 bits per heavy atom. The highest BCUT2D eigenvalue weighted by Crippen LogP contribution is 2.35. The Labute approximate surface area is 192 Å². The molecule has 0 fully saturated rings. The molecule has 0 aliphatic carbocycles. The molecule has 0 aliphatic rings. The molecule has 0 spiro atoms. The molecule has 158 valence electrons. The zero-order valence-corrected chi connectivity index (χ0v) is 18.4. The van der Waals surface area contributed by atoms with Gasteiger partial charge in [0.05, 0.1) is 21.7 Å². The van der Waals surface area contributed by atoms with Gasteiger partial charge in [-0.1, -0.05) is 18.2 Å². The molecule has 7 heteroatoms. The minimum absolute atomic E-state index is 0.220. The average molecular weight is 448 g/mol. The van der Waals surface area contributed by atoms with E-state index in [1.807, 2.05) is 36.4 Å². The number of aryl methyl sites for hydroxylation is 1. The Kier molecular flexibility index (Phi) is 4.55. The van der Waals surface area contributed by atoms with Crippen molar-refractivity contribution in [1.29, 1.82) is 0 Å². The van der Waals surface area contributed by atoms with Gasteiger partial charge in [-0.25, -0.2) is 9.97 Å². The van der Waals surface area contributed by atoms with Crippen LogP contribution in [-0.2, 0) is 0 Å². The monoisotopic (exact) mass is 447 g/mol. The smallest absolute Gasteiger partial charge is 0.257 e. The lowest BCUT2D eigenvalue weighted by atomic mass is 10.0. The predicted molar refractivity (Wildman–Crippen MR) is 132 cm³/mol. The number of nitrogens with one attached hydrogen (secondary N) is 1. The van der Waals surface area contributed by atoms with Gasteiger partial charge in [0.25, 0.3) is 5.56 Å². The molecule has 6 rings (SSSR count). The molecule has 0 amide bonds. The number of pyridine rings is 3. The van der Waals surface area contributed by atoms with Gasteiger partial charge in [0, 0.05) is 40.0 Å². The summed E-state index contributed by atoms with van der Waals surface area (Å²) >= 11 is 1.65. The van der Waals surface area contributed by atoms with Crippen LogP contribution in [-0.4, -0.2) is 24.9 Å². The second-order valence-electron chi connectivity index (χ2n) is 7.73. The van der Waals surface area contributed by atoms with Gasteiger partial charge in [-0.2, -0.15) is 0 Å². The van der Waals surface area contributed by atoms with Crippen molar-refractivity contribution >= 4 is 33.4 Å². The summed E-state index contributed by atoms with van der Waals surface area (Å²) in [5.41, 5.74) is 5.48. The van der Waals surface area contributed by atoms with E-state index in [4.69, 9.17) is 9.97 Å². The second-order valence-corrected chi connectivity index (χ2v) is 9.02. The van der Waals surface area contributed by atoms with Gasteiger partial charge in [-0.05, 0) is 49.4 Å². The van der Waals surface area contributed by atoms with Gasteiger partial charge in [-0.3, -0.25) is 14.8 Å². The summed E-state index contributed by atoms with van der Waals surface area (Å²) in [5, 5.41) is 1.03. The maximum atomic E-state index is 12.8. The number of aromatic nitrogens is 5. The highest BCUT2D eigenvalue weighted by molar-refractivity contribution is 7.15.